The Balaban J connectivity index is 1.74. The van der Waals surface area contributed by atoms with Gasteiger partial charge < -0.3 is 19.5 Å². The van der Waals surface area contributed by atoms with Gasteiger partial charge in [-0.2, -0.15) is 0 Å². The number of aromatic nitrogens is 1. The molecule has 1 N–H and O–H groups in total. The summed E-state index contributed by atoms with van der Waals surface area (Å²) in [5, 5.41) is 2.90. The first-order chi connectivity index (χ1) is 14.6. The Labute approximate surface area is 175 Å². The molecular formula is C24H22N2O4. The van der Waals surface area contributed by atoms with Crippen LogP contribution in [-0.4, -0.2) is 32.2 Å². The molecule has 0 radical (unpaired) electrons. The number of carbonyl (C=O) groups excluding carboxylic acids is 1. The van der Waals surface area contributed by atoms with E-state index in [-0.39, 0.29) is 12.3 Å². The van der Waals surface area contributed by atoms with Crippen molar-refractivity contribution >= 4 is 11.6 Å². The van der Waals surface area contributed by atoms with E-state index in [4.69, 9.17) is 14.2 Å². The average molecular weight is 402 g/mol. The Morgan fingerprint density at radius 1 is 0.933 bits per heavy atom. The van der Waals surface area contributed by atoms with E-state index in [1.807, 2.05) is 42.5 Å². The largest absolute Gasteiger partial charge is 0.493 e. The van der Waals surface area contributed by atoms with Crippen LogP contribution in [0.5, 0.6) is 17.2 Å². The SMILES string of the molecule is COc1ccc(CC(=O)Nc2cccc(C#Cc3ccccn3)c2)c(OC)c1OC. The summed E-state index contributed by atoms with van der Waals surface area (Å²) in [6, 6.07) is 16.5. The summed E-state index contributed by atoms with van der Waals surface area (Å²) in [5.74, 6) is 7.34. The van der Waals surface area contributed by atoms with Gasteiger partial charge in [0.15, 0.2) is 11.5 Å². The lowest BCUT2D eigenvalue weighted by Gasteiger charge is -2.15. The van der Waals surface area contributed by atoms with E-state index < -0.39 is 0 Å². The summed E-state index contributed by atoms with van der Waals surface area (Å²) >= 11 is 0. The van der Waals surface area contributed by atoms with Crippen LogP contribution in [0.25, 0.3) is 0 Å². The molecule has 0 aliphatic heterocycles. The van der Waals surface area contributed by atoms with Crippen LogP contribution in [0.3, 0.4) is 0 Å². The van der Waals surface area contributed by atoms with Crippen molar-refractivity contribution < 1.29 is 19.0 Å². The van der Waals surface area contributed by atoms with Gasteiger partial charge >= 0.3 is 0 Å². The standard InChI is InChI=1S/C24H22N2O4/c1-28-21-13-11-18(23(29-2)24(21)30-3)16-22(27)26-20-9-6-7-17(15-20)10-12-19-8-4-5-14-25-19/h4-9,11,13-15H,16H2,1-3H3,(H,26,27). The smallest absolute Gasteiger partial charge is 0.228 e. The zero-order chi connectivity index (χ0) is 21.3. The van der Waals surface area contributed by atoms with Crippen molar-refractivity contribution in [3.05, 3.63) is 77.6 Å². The first-order valence-electron chi connectivity index (χ1n) is 9.25. The Morgan fingerprint density at radius 2 is 1.77 bits per heavy atom. The molecule has 1 amide bonds. The van der Waals surface area contributed by atoms with Crippen LogP contribution in [0.2, 0.25) is 0 Å². The number of carbonyl (C=O) groups is 1. The molecule has 152 valence electrons. The second-order valence-corrected chi connectivity index (χ2v) is 6.26. The third kappa shape index (κ3) is 5.09. The van der Waals surface area contributed by atoms with E-state index in [2.05, 4.69) is 22.1 Å². The highest BCUT2D eigenvalue weighted by Crippen LogP contribution is 2.39. The highest BCUT2D eigenvalue weighted by atomic mass is 16.5. The van der Waals surface area contributed by atoms with Crippen molar-refractivity contribution in [3.63, 3.8) is 0 Å². The molecule has 30 heavy (non-hydrogen) atoms. The molecule has 0 aliphatic carbocycles. The number of benzene rings is 2. The number of rotatable bonds is 6. The highest BCUT2D eigenvalue weighted by molar-refractivity contribution is 5.93. The number of nitrogens with zero attached hydrogens (tertiary/aromatic N) is 1. The summed E-state index contributed by atoms with van der Waals surface area (Å²) < 4.78 is 16.1. The van der Waals surface area contributed by atoms with E-state index in [1.54, 1.807) is 25.4 Å². The van der Waals surface area contributed by atoms with Gasteiger partial charge in [0, 0.05) is 23.0 Å². The molecule has 0 atom stereocenters. The normalized spacial score (nSPS) is 9.83. The first kappa shape index (κ1) is 20.7. The van der Waals surface area contributed by atoms with Crippen LogP contribution in [0.4, 0.5) is 5.69 Å². The number of hydrogen-bond acceptors (Lipinski definition) is 5. The number of amides is 1. The Morgan fingerprint density at radius 3 is 2.47 bits per heavy atom. The van der Waals surface area contributed by atoms with Crippen molar-refractivity contribution in [2.24, 2.45) is 0 Å². The molecule has 0 bridgehead atoms. The molecule has 6 heteroatoms. The Bertz CT molecular complexity index is 1090. The maximum absolute atomic E-state index is 12.6. The van der Waals surface area contributed by atoms with Crippen molar-refractivity contribution in [2.45, 2.75) is 6.42 Å². The van der Waals surface area contributed by atoms with Crippen LogP contribution >= 0.6 is 0 Å². The lowest BCUT2D eigenvalue weighted by molar-refractivity contribution is -0.115. The number of nitrogens with one attached hydrogen (secondary N) is 1. The third-order valence-electron chi connectivity index (χ3n) is 4.28. The molecule has 0 aliphatic rings. The molecule has 0 unspecified atom stereocenters. The molecule has 0 spiro atoms. The quantitative estimate of drug-likeness (QED) is 0.637. The van der Waals surface area contributed by atoms with Crippen molar-refractivity contribution in [3.8, 4) is 29.1 Å². The minimum absolute atomic E-state index is 0.118. The maximum Gasteiger partial charge on any atom is 0.228 e. The monoisotopic (exact) mass is 402 g/mol. The summed E-state index contributed by atoms with van der Waals surface area (Å²) in [5.41, 5.74) is 2.82. The summed E-state index contributed by atoms with van der Waals surface area (Å²) in [6.45, 7) is 0. The zero-order valence-corrected chi connectivity index (χ0v) is 17.1. The number of hydrogen-bond donors (Lipinski definition) is 1. The molecule has 6 nitrogen and oxygen atoms in total. The van der Waals surface area contributed by atoms with Gasteiger partial charge in [-0.25, -0.2) is 4.98 Å². The zero-order valence-electron chi connectivity index (χ0n) is 17.1. The topological polar surface area (TPSA) is 69.7 Å². The maximum atomic E-state index is 12.6. The summed E-state index contributed by atoms with van der Waals surface area (Å²) in [7, 11) is 4.61. The molecule has 0 saturated heterocycles. The number of pyridine rings is 1. The minimum atomic E-state index is -0.185. The average Bonchev–Trinajstić information content (AvgIpc) is 2.78. The fourth-order valence-corrected chi connectivity index (χ4v) is 2.93. The number of ether oxygens (including phenoxy) is 3. The highest BCUT2D eigenvalue weighted by Gasteiger charge is 2.17. The van der Waals surface area contributed by atoms with Crippen molar-refractivity contribution in [1.29, 1.82) is 0 Å². The van der Waals surface area contributed by atoms with E-state index in [0.29, 0.717) is 34.2 Å². The van der Waals surface area contributed by atoms with Crippen LogP contribution in [0.15, 0.2) is 60.8 Å². The number of anilines is 1. The molecule has 3 aromatic rings. The first-order valence-corrected chi connectivity index (χ1v) is 9.25. The molecule has 0 fully saturated rings. The van der Waals surface area contributed by atoms with Crippen molar-refractivity contribution in [1.82, 2.24) is 4.98 Å². The van der Waals surface area contributed by atoms with Gasteiger partial charge in [0.05, 0.1) is 27.8 Å². The molecule has 3 rings (SSSR count). The fraction of sp³-hybridized carbons (Fsp3) is 0.167. The van der Waals surface area contributed by atoms with Gasteiger partial charge in [0.25, 0.3) is 0 Å². The number of methoxy groups -OCH3 is 3. The van der Waals surface area contributed by atoms with Gasteiger partial charge in [-0.15, -0.1) is 0 Å². The molecule has 0 saturated carbocycles. The van der Waals surface area contributed by atoms with Gasteiger partial charge in [-0.3, -0.25) is 4.79 Å². The van der Waals surface area contributed by atoms with Gasteiger partial charge in [0.2, 0.25) is 11.7 Å². The van der Waals surface area contributed by atoms with Crippen LogP contribution < -0.4 is 19.5 Å². The Kier molecular flexibility index (Phi) is 6.91. The second kappa shape index (κ2) is 9.99. The predicted molar refractivity (Wildman–Crippen MR) is 115 cm³/mol. The van der Waals surface area contributed by atoms with Crippen molar-refractivity contribution in [2.75, 3.05) is 26.6 Å². The van der Waals surface area contributed by atoms with E-state index in [9.17, 15) is 4.79 Å². The van der Waals surface area contributed by atoms with Gasteiger partial charge in [-0.05, 0) is 42.3 Å². The third-order valence-corrected chi connectivity index (χ3v) is 4.28. The minimum Gasteiger partial charge on any atom is -0.493 e. The molecule has 1 aromatic heterocycles. The lowest BCUT2D eigenvalue weighted by Crippen LogP contribution is -2.15. The van der Waals surface area contributed by atoms with Crippen LogP contribution in [-0.2, 0) is 11.2 Å². The van der Waals surface area contributed by atoms with E-state index >= 15 is 0 Å². The second-order valence-electron chi connectivity index (χ2n) is 6.26. The van der Waals surface area contributed by atoms with Gasteiger partial charge in [-0.1, -0.05) is 24.1 Å². The molecule has 2 aromatic carbocycles. The van der Waals surface area contributed by atoms with Crippen LogP contribution in [0.1, 0.15) is 16.8 Å². The fourth-order valence-electron chi connectivity index (χ4n) is 2.93. The molecule has 1 heterocycles. The van der Waals surface area contributed by atoms with E-state index in [0.717, 1.165) is 5.56 Å². The summed E-state index contributed by atoms with van der Waals surface area (Å²) in [6.07, 6.45) is 1.82. The van der Waals surface area contributed by atoms with E-state index in [1.165, 1.54) is 14.2 Å². The predicted octanol–water partition coefficient (Wildman–Crippen LogP) is 3.69. The molecular weight excluding hydrogens is 380 g/mol. The summed E-state index contributed by atoms with van der Waals surface area (Å²) in [4.78, 5) is 16.8. The lowest BCUT2D eigenvalue weighted by atomic mass is 10.1. The Hall–Kier alpha value is -3.98. The van der Waals surface area contributed by atoms with Crippen LogP contribution in [0, 0.1) is 11.8 Å². The van der Waals surface area contributed by atoms with Gasteiger partial charge in [0.1, 0.15) is 5.69 Å².